The molecule has 0 radical (unpaired) electrons. The highest BCUT2D eigenvalue weighted by atomic mass is 32.1. The molecule has 0 aliphatic rings. The van der Waals surface area contributed by atoms with E-state index in [1.54, 1.807) is 37.3 Å². The molecule has 0 saturated heterocycles. The molecular formula is C13H11NO3S. The van der Waals surface area contributed by atoms with Gasteiger partial charge in [-0.2, -0.15) is 0 Å². The minimum Gasteiger partial charge on any atom is -0.477 e. The van der Waals surface area contributed by atoms with Gasteiger partial charge in [-0.1, -0.05) is 18.2 Å². The van der Waals surface area contributed by atoms with Crippen LogP contribution in [0.4, 0.5) is 5.69 Å². The summed E-state index contributed by atoms with van der Waals surface area (Å²) in [7, 11) is 0. The minimum atomic E-state index is -1.03. The van der Waals surface area contributed by atoms with Crippen molar-refractivity contribution < 1.29 is 14.7 Å². The van der Waals surface area contributed by atoms with E-state index >= 15 is 0 Å². The molecule has 0 unspecified atom stereocenters. The van der Waals surface area contributed by atoms with Crippen molar-refractivity contribution in [3.05, 3.63) is 51.7 Å². The molecule has 0 saturated carbocycles. The molecule has 18 heavy (non-hydrogen) atoms. The number of amides is 1. The van der Waals surface area contributed by atoms with Crippen molar-refractivity contribution in [2.45, 2.75) is 6.92 Å². The first-order chi connectivity index (χ1) is 8.58. The van der Waals surface area contributed by atoms with Gasteiger partial charge in [-0.05, 0) is 25.1 Å². The summed E-state index contributed by atoms with van der Waals surface area (Å²) in [5.41, 5.74) is 0.844. The predicted octanol–water partition coefficient (Wildman–Crippen LogP) is 3.01. The second kappa shape index (κ2) is 5.01. The van der Waals surface area contributed by atoms with Crippen molar-refractivity contribution in [2.75, 3.05) is 5.32 Å². The Bertz CT molecular complexity index is 590. The van der Waals surface area contributed by atoms with Crippen LogP contribution in [-0.4, -0.2) is 17.0 Å². The van der Waals surface area contributed by atoms with Crippen LogP contribution in [-0.2, 0) is 0 Å². The van der Waals surface area contributed by atoms with E-state index in [0.29, 0.717) is 11.3 Å². The highest BCUT2D eigenvalue weighted by Crippen LogP contribution is 2.27. The Morgan fingerprint density at radius 2 is 1.89 bits per heavy atom. The monoisotopic (exact) mass is 261 g/mol. The number of nitrogens with one attached hydrogen (secondary N) is 1. The fraction of sp³-hybridized carbons (Fsp3) is 0.0769. The van der Waals surface area contributed by atoms with E-state index in [0.717, 1.165) is 16.2 Å². The van der Waals surface area contributed by atoms with Crippen LogP contribution >= 0.6 is 11.3 Å². The van der Waals surface area contributed by atoms with Crippen LogP contribution in [0.3, 0.4) is 0 Å². The van der Waals surface area contributed by atoms with E-state index in [2.05, 4.69) is 5.32 Å². The molecule has 0 spiro atoms. The molecule has 0 bridgehead atoms. The quantitative estimate of drug-likeness (QED) is 0.892. The zero-order valence-electron chi connectivity index (χ0n) is 9.64. The summed E-state index contributed by atoms with van der Waals surface area (Å²) in [5.74, 6) is -1.34. The number of hydrogen-bond acceptors (Lipinski definition) is 3. The highest BCUT2D eigenvalue weighted by Gasteiger charge is 2.16. The lowest BCUT2D eigenvalue weighted by Crippen LogP contribution is -2.13. The molecule has 92 valence electrons. The first-order valence-electron chi connectivity index (χ1n) is 5.28. The third-order valence-electron chi connectivity index (χ3n) is 2.33. The number of carboxylic acid groups (broad SMARTS) is 1. The molecule has 1 heterocycles. The SMILES string of the molecule is Cc1cc(NC(=O)c2ccccc2)c(C(=O)O)s1. The van der Waals surface area contributed by atoms with Gasteiger partial charge in [0, 0.05) is 10.4 Å². The van der Waals surface area contributed by atoms with E-state index in [4.69, 9.17) is 5.11 Å². The average molecular weight is 261 g/mol. The normalized spacial score (nSPS) is 10.1. The number of anilines is 1. The van der Waals surface area contributed by atoms with Crippen molar-refractivity contribution in [2.24, 2.45) is 0 Å². The Hall–Kier alpha value is -2.14. The third-order valence-corrected chi connectivity index (χ3v) is 3.37. The van der Waals surface area contributed by atoms with Gasteiger partial charge in [0.1, 0.15) is 4.88 Å². The lowest BCUT2D eigenvalue weighted by molar-refractivity contribution is 0.0703. The lowest BCUT2D eigenvalue weighted by atomic mass is 10.2. The van der Waals surface area contributed by atoms with E-state index in [-0.39, 0.29) is 10.8 Å². The third kappa shape index (κ3) is 2.57. The van der Waals surface area contributed by atoms with Crippen LogP contribution in [0.5, 0.6) is 0 Å². The Labute approximate surface area is 108 Å². The molecule has 0 aliphatic heterocycles. The number of rotatable bonds is 3. The van der Waals surface area contributed by atoms with Gasteiger partial charge in [-0.3, -0.25) is 4.79 Å². The van der Waals surface area contributed by atoms with Crippen molar-refractivity contribution in [1.29, 1.82) is 0 Å². The largest absolute Gasteiger partial charge is 0.477 e. The first kappa shape index (κ1) is 12.3. The van der Waals surface area contributed by atoms with Crippen molar-refractivity contribution in [1.82, 2.24) is 0 Å². The lowest BCUT2D eigenvalue weighted by Gasteiger charge is -2.03. The molecule has 2 rings (SSSR count). The number of benzene rings is 1. The highest BCUT2D eigenvalue weighted by molar-refractivity contribution is 7.14. The molecule has 4 nitrogen and oxygen atoms in total. The van der Waals surface area contributed by atoms with Crippen LogP contribution in [0, 0.1) is 6.92 Å². The summed E-state index contributed by atoms with van der Waals surface area (Å²) in [6.45, 7) is 1.80. The Morgan fingerprint density at radius 1 is 1.22 bits per heavy atom. The van der Waals surface area contributed by atoms with Gasteiger partial charge < -0.3 is 10.4 Å². The average Bonchev–Trinajstić information content (AvgIpc) is 2.71. The fourth-order valence-corrected chi connectivity index (χ4v) is 2.36. The Kier molecular flexibility index (Phi) is 3.43. The van der Waals surface area contributed by atoms with E-state index < -0.39 is 5.97 Å². The first-order valence-corrected chi connectivity index (χ1v) is 6.09. The van der Waals surface area contributed by atoms with Gasteiger partial charge in [0.15, 0.2) is 0 Å². The Morgan fingerprint density at radius 3 is 2.50 bits per heavy atom. The summed E-state index contributed by atoms with van der Waals surface area (Å²) < 4.78 is 0. The van der Waals surface area contributed by atoms with Crippen LogP contribution < -0.4 is 5.32 Å². The molecule has 1 amide bonds. The van der Waals surface area contributed by atoms with Gasteiger partial charge in [0.25, 0.3) is 5.91 Å². The van der Waals surface area contributed by atoms with Crippen LogP contribution in [0.2, 0.25) is 0 Å². The molecular weight excluding hydrogens is 250 g/mol. The van der Waals surface area contributed by atoms with Crippen molar-refractivity contribution >= 4 is 28.9 Å². The number of carbonyl (C=O) groups excluding carboxylic acids is 1. The summed E-state index contributed by atoms with van der Waals surface area (Å²) in [4.78, 5) is 23.9. The standard InChI is InChI=1S/C13H11NO3S/c1-8-7-10(11(18-8)13(16)17)14-12(15)9-5-3-2-4-6-9/h2-7H,1H3,(H,14,15)(H,16,17). The predicted molar refractivity (Wildman–Crippen MR) is 70.4 cm³/mol. The van der Waals surface area contributed by atoms with E-state index in [1.165, 1.54) is 0 Å². The molecule has 2 N–H and O–H groups in total. The van der Waals surface area contributed by atoms with Gasteiger partial charge >= 0.3 is 5.97 Å². The van der Waals surface area contributed by atoms with E-state index in [9.17, 15) is 9.59 Å². The fourth-order valence-electron chi connectivity index (χ4n) is 1.55. The van der Waals surface area contributed by atoms with Crippen LogP contribution in [0.15, 0.2) is 36.4 Å². The number of aryl methyl sites for hydroxylation is 1. The van der Waals surface area contributed by atoms with Crippen LogP contribution in [0.25, 0.3) is 0 Å². The van der Waals surface area contributed by atoms with Gasteiger partial charge in [-0.15, -0.1) is 11.3 Å². The maximum absolute atomic E-state index is 11.9. The maximum atomic E-state index is 11.9. The maximum Gasteiger partial charge on any atom is 0.348 e. The summed E-state index contributed by atoms with van der Waals surface area (Å²) in [6.07, 6.45) is 0. The molecule has 2 aromatic rings. The molecule has 1 aromatic heterocycles. The second-order valence-electron chi connectivity index (χ2n) is 3.73. The van der Waals surface area contributed by atoms with Gasteiger partial charge in [0.2, 0.25) is 0 Å². The summed E-state index contributed by atoms with van der Waals surface area (Å²) >= 11 is 1.15. The molecule has 5 heteroatoms. The van der Waals surface area contributed by atoms with Gasteiger partial charge in [-0.25, -0.2) is 4.79 Å². The molecule has 1 aromatic carbocycles. The number of thiophene rings is 1. The Balaban J connectivity index is 2.25. The zero-order valence-corrected chi connectivity index (χ0v) is 10.5. The zero-order chi connectivity index (χ0) is 13.1. The molecule has 0 atom stereocenters. The molecule has 0 aliphatic carbocycles. The number of hydrogen-bond donors (Lipinski definition) is 2. The van der Waals surface area contributed by atoms with Crippen LogP contribution in [0.1, 0.15) is 24.9 Å². The summed E-state index contributed by atoms with van der Waals surface area (Å²) in [6, 6.07) is 10.3. The number of carboxylic acids is 1. The smallest absolute Gasteiger partial charge is 0.348 e. The number of carbonyl (C=O) groups is 2. The van der Waals surface area contributed by atoms with Crippen molar-refractivity contribution in [3.8, 4) is 0 Å². The second-order valence-corrected chi connectivity index (χ2v) is 4.98. The van der Waals surface area contributed by atoms with Crippen molar-refractivity contribution in [3.63, 3.8) is 0 Å². The van der Waals surface area contributed by atoms with Gasteiger partial charge in [0.05, 0.1) is 5.69 Å². The van der Waals surface area contributed by atoms with E-state index in [1.807, 2.05) is 6.07 Å². The topological polar surface area (TPSA) is 66.4 Å². The minimum absolute atomic E-state index is 0.150. The molecule has 0 fully saturated rings. The summed E-state index contributed by atoms with van der Waals surface area (Å²) in [5, 5.41) is 11.6. The number of aromatic carboxylic acids is 1.